The highest BCUT2D eigenvalue weighted by Crippen LogP contribution is 2.52. The molecule has 0 aromatic heterocycles. The Morgan fingerprint density at radius 2 is 0.893 bits per heavy atom. The average Bonchev–Trinajstić information content (AvgIpc) is 3.47. The molecule has 1 heteroatoms. The van der Waals surface area contributed by atoms with Gasteiger partial charge in [-0.25, -0.2) is 0 Å². The molecule has 0 saturated heterocycles. The first-order valence-electron chi connectivity index (χ1n) is 19.8. The zero-order valence-corrected chi connectivity index (χ0v) is 32.9. The number of anilines is 3. The maximum Gasteiger partial charge on any atom is 0.0546 e. The third kappa shape index (κ3) is 6.24. The van der Waals surface area contributed by atoms with Crippen LogP contribution >= 0.6 is 0 Å². The Labute approximate surface area is 332 Å². The van der Waals surface area contributed by atoms with E-state index >= 15 is 0 Å². The van der Waals surface area contributed by atoms with Crippen molar-refractivity contribution in [3.05, 3.63) is 211 Å². The Kier molecular flexibility index (Phi) is 8.82. The van der Waals surface area contributed by atoms with Gasteiger partial charge in [-0.3, -0.25) is 0 Å². The minimum atomic E-state index is -0.145. The smallest absolute Gasteiger partial charge is 0.0546 e. The second-order valence-corrected chi connectivity index (χ2v) is 16.6. The fourth-order valence-corrected chi connectivity index (χ4v) is 8.73. The zero-order valence-electron chi connectivity index (χ0n) is 32.9. The van der Waals surface area contributed by atoms with Crippen molar-refractivity contribution >= 4 is 17.1 Å². The van der Waals surface area contributed by atoms with Crippen LogP contribution in [0.15, 0.2) is 194 Å². The number of hydrogen-bond acceptors (Lipinski definition) is 1. The summed E-state index contributed by atoms with van der Waals surface area (Å²) in [6, 6.07) is 71.4. The minimum absolute atomic E-state index is 0.0961. The van der Waals surface area contributed by atoms with Crippen LogP contribution in [0.25, 0.3) is 55.6 Å². The van der Waals surface area contributed by atoms with Gasteiger partial charge in [-0.15, -0.1) is 0 Å². The topological polar surface area (TPSA) is 3.24 Å². The van der Waals surface area contributed by atoms with Crippen molar-refractivity contribution < 1.29 is 0 Å². The van der Waals surface area contributed by atoms with Gasteiger partial charge in [-0.1, -0.05) is 192 Å². The van der Waals surface area contributed by atoms with Gasteiger partial charge in [0.05, 0.1) is 5.69 Å². The van der Waals surface area contributed by atoms with Crippen LogP contribution in [0.4, 0.5) is 17.1 Å². The standard InChI is InChI=1S/C55H47N/c1-54(2,3)50-36-42(39-20-11-7-12-21-39)31-35-51(50)56(44-32-28-40(29-33-44)38-18-9-6-10-19-38)52-27-17-25-45(53(52)41-22-13-8-14-23-41)43-30-34-47-46-24-15-16-26-48(46)55(4,5)49(47)37-43/h6-37H,1-5H3. The highest BCUT2D eigenvalue weighted by Gasteiger charge is 2.35. The fourth-order valence-electron chi connectivity index (χ4n) is 8.73. The summed E-state index contributed by atoms with van der Waals surface area (Å²) >= 11 is 0. The summed E-state index contributed by atoms with van der Waals surface area (Å²) in [7, 11) is 0. The molecule has 0 fully saturated rings. The van der Waals surface area contributed by atoms with E-state index < -0.39 is 0 Å². The molecule has 0 atom stereocenters. The van der Waals surface area contributed by atoms with E-state index in [1.807, 2.05) is 0 Å². The summed E-state index contributed by atoms with van der Waals surface area (Å²) in [5.74, 6) is 0. The summed E-state index contributed by atoms with van der Waals surface area (Å²) in [6.07, 6.45) is 0. The lowest BCUT2D eigenvalue weighted by molar-refractivity contribution is 0.591. The lowest BCUT2D eigenvalue weighted by atomic mass is 9.81. The molecule has 1 aliphatic rings. The minimum Gasteiger partial charge on any atom is -0.310 e. The highest BCUT2D eigenvalue weighted by atomic mass is 15.1. The molecule has 8 aromatic carbocycles. The summed E-state index contributed by atoms with van der Waals surface area (Å²) in [5, 5.41) is 0. The number of hydrogen-bond donors (Lipinski definition) is 0. The second kappa shape index (κ2) is 14.0. The summed E-state index contributed by atoms with van der Waals surface area (Å²) < 4.78 is 0. The van der Waals surface area contributed by atoms with Crippen molar-refractivity contribution in [1.82, 2.24) is 0 Å². The monoisotopic (exact) mass is 721 g/mol. The zero-order chi connectivity index (χ0) is 38.4. The quantitative estimate of drug-likeness (QED) is 0.158. The SMILES string of the molecule is CC(C)(C)c1cc(-c2ccccc2)ccc1N(c1ccc(-c2ccccc2)cc1)c1cccc(-c2ccc3c(c2)C(C)(C)c2ccccc2-3)c1-c1ccccc1. The maximum atomic E-state index is 2.50. The van der Waals surface area contributed by atoms with E-state index in [1.165, 1.54) is 78.0 Å². The Morgan fingerprint density at radius 3 is 1.55 bits per heavy atom. The molecule has 0 aliphatic heterocycles. The third-order valence-corrected chi connectivity index (χ3v) is 11.6. The summed E-state index contributed by atoms with van der Waals surface area (Å²) in [5.41, 5.74) is 19.6. The summed E-state index contributed by atoms with van der Waals surface area (Å²) in [4.78, 5) is 2.50. The van der Waals surface area contributed by atoms with Gasteiger partial charge in [0.1, 0.15) is 0 Å². The molecule has 0 saturated carbocycles. The van der Waals surface area contributed by atoms with Crippen molar-refractivity contribution in [3.8, 4) is 55.6 Å². The average molecular weight is 722 g/mol. The molecule has 56 heavy (non-hydrogen) atoms. The Morgan fingerprint density at radius 1 is 0.375 bits per heavy atom. The van der Waals surface area contributed by atoms with Crippen LogP contribution in [0, 0.1) is 0 Å². The molecule has 272 valence electrons. The first-order chi connectivity index (χ1) is 27.2. The van der Waals surface area contributed by atoms with Crippen LogP contribution in [0.3, 0.4) is 0 Å². The fraction of sp³-hybridized carbons (Fsp3) is 0.127. The largest absolute Gasteiger partial charge is 0.310 e. The Hall–Kier alpha value is -6.44. The second-order valence-electron chi connectivity index (χ2n) is 16.6. The van der Waals surface area contributed by atoms with E-state index in [2.05, 4.69) is 234 Å². The van der Waals surface area contributed by atoms with Crippen LogP contribution < -0.4 is 4.90 Å². The van der Waals surface area contributed by atoms with Gasteiger partial charge in [0.2, 0.25) is 0 Å². The molecular formula is C55H47N. The van der Waals surface area contributed by atoms with Crippen molar-refractivity contribution in [3.63, 3.8) is 0 Å². The van der Waals surface area contributed by atoms with Crippen LogP contribution in [-0.4, -0.2) is 0 Å². The molecule has 0 amide bonds. The molecular weight excluding hydrogens is 675 g/mol. The number of rotatable bonds is 7. The lowest BCUT2D eigenvalue weighted by Gasteiger charge is -2.34. The molecule has 0 unspecified atom stereocenters. The van der Waals surface area contributed by atoms with E-state index in [1.54, 1.807) is 0 Å². The molecule has 1 aliphatic carbocycles. The Balaban J connectivity index is 1.30. The van der Waals surface area contributed by atoms with E-state index in [0.29, 0.717) is 0 Å². The molecule has 8 aromatic rings. The number of benzene rings is 8. The molecule has 9 rings (SSSR count). The van der Waals surface area contributed by atoms with Gasteiger partial charge in [0.15, 0.2) is 0 Å². The van der Waals surface area contributed by atoms with Gasteiger partial charge in [-0.05, 0) is 109 Å². The van der Waals surface area contributed by atoms with Crippen LogP contribution in [0.1, 0.15) is 51.3 Å². The molecule has 0 N–H and O–H groups in total. The van der Waals surface area contributed by atoms with E-state index in [0.717, 1.165) is 11.4 Å². The first-order valence-corrected chi connectivity index (χ1v) is 19.8. The molecule has 0 bridgehead atoms. The maximum absolute atomic E-state index is 2.50. The number of nitrogens with zero attached hydrogens (tertiary/aromatic N) is 1. The normalized spacial score (nSPS) is 12.9. The van der Waals surface area contributed by atoms with Crippen molar-refractivity contribution in [2.45, 2.75) is 45.4 Å². The number of fused-ring (bicyclic) bond motifs is 3. The molecule has 1 nitrogen and oxygen atoms in total. The van der Waals surface area contributed by atoms with Gasteiger partial charge in [0, 0.05) is 22.4 Å². The summed E-state index contributed by atoms with van der Waals surface area (Å²) in [6.45, 7) is 11.7. The molecule has 0 radical (unpaired) electrons. The Bertz CT molecular complexity index is 2660. The van der Waals surface area contributed by atoms with E-state index in [4.69, 9.17) is 0 Å². The van der Waals surface area contributed by atoms with Crippen LogP contribution in [0.5, 0.6) is 0 Å². The van der Waals surface area contributed by atoms with E-state index in [-0.39, 0.29) is 10.8 Å². The van der Waals surface area contributed by atoms with Crippen molar-refractivity contribution in [2.75, 3.05) is 4.90 Å². The van der Waals surface area contributed by atoms with Gasteiger partial charge in [0.25, 0.3) is 0 Å². The first kappa shape index (κ1) is 35.3. The van der Waals surface area contributed by atoms with Gasteiger partial charge >= 0.3 is 0 Å². The lowest BCUT2D eigenvalue weighted by Crippen LogP contribution is -2.20. The predicted molar refractivity (Wildman–Crippen MR) is 239 cm³/mol. The van der Waals surface area contributed by atoms with E-state index in [9.17, 15) is 0 Å². The molecule has 0 heterocycles. The van der Waals surface area contributed by atoms with Crippen molar-refractivity contribution in [1.29, 1.82) is 0 Å². The van der Waals surface area contributed by atoms with Gasteiger partial charge < -0.3 is 4.90 Å². The highest BCUT2D eigenvalue weighted by molar-refractivity contribution is 5.98. The third-order valence-electron chi connectivity index (χ3n) is 11.6. The predicted octanol–water partition coefficient (Wildman–Crippen LogP) is 15.4. The van der Waals surface area contributed by atoms with Gasteiger partial charge in [-0.2, -0.15) is 0 Å². The van der Waals surface area contributed by atoms with Crippen molar-refractivity contribution in [2.24, 2.45) is 0 Å². The van der Waals surface area contributed by atoms with Crippen LogP contribution in [0.2, 0.25) is 0 Å². The van der Waals surface area contributed by atoms with Crippen LogP contribution in [-0.2, 0) is 10.8 Å². The molecule has 0 spiro atoms.